The number of rotatable bonds is 13. The zero-order valence-corrected chi connectivity index (χ0v) is 14.7. The van der Waals surface area contributed by atoms with Crippen molar-refractivity contribution in [2.24, 2.45) is 5.41 Å². The molecule has 0 bridgehead atoms. The zero-order valence-electron chi connectivity index (χ0n) is 14.7. The lowest BCUT2D eigenvalue weighted by molar-refractivity contribution is -0.131. The van der Waals surface area contributed by atoms with Gasteiger partial charge in [0.05, 0.1) is 0 Å². The lowest BCUT2D eigenvalue weighted by atomic mass is 9.80. The lowest BCUT2D eigenvalue weighted by Crippen LogP contribution is -2.14. The molecule has 21 heavy (non-hydrogen) atoms. The summed E-state index contributed by atoms with van der Waals surface area (Å²) in [5, 5.41) is 8.82. The van der Waals surface area contributed by atoms with Gasteiger partial charge < -0.3 is 5.11 Å². The number of aliphatic carboxylic acids is 1. The Hall–Kier alpha value is -0.790. The molecule has 2 nitrogen and oxygen atoms in total. The Morgan fingerprint density at radius 2 is 1.33 bits per heavy atom. The van der Waals surface area contributed by atoms with Gasteiger partial charge in [0.15, 0.2) is 0 Å². The van der Waals surface area contributed by atoms with Gasteiger partial charge in [-0.2, -0.15) is 0 Å². The van der Waals surface area contributed by atoms with Gasteiger partial charge in [-0.1, -0.05) is 90.6 Å². The number of carboxylic acid groups (broad SMARTS) is 1. The molecule has 0 fully saturated rings. The quantitative estimate of drug-likeness (QED) is 0.317. The predicted molar refractivity (Wildman–Crippen MR) is 91.6 cm³/mol. The molecule has 0 rings (SSSR count). The lowest BCUT2D eigenvalue weighted by Gasteiger charge is -2.25. The Bertz CT molecular complexity index is 303. The number of hydrogen-bond donors (Lipinski definition) is 1. The Morgan fingerprint density at radius 3 is 1.76 bits per heavy atom. The third-order valence-electron chi connectivity index (χ3n) is 4.56. The van der Waals surface area contributed by atoms with Crippen LogP contribution in [0.1, 0.15) is 98.3 Å². The third kappa shape index (κ3) is 11.5. The molecule has 0 aliphatic rings. The highest BCUT2D eigenvalue weighted by Gasteiger charge is 2.20. The Morgan fingerprint density at radius 1 is 0.905 bits per heavy atom. The maximum Gasteiger partial charge on any atom is 0.328 e. The summed E-state index contributed by atoms with van der Waals surface area (Å²) >= 11 is 0. The maximum atomic E-state index is 10.7. The maximum absolute atomic E-state index is 10.7. The highest BCUT2D eigenvalue weighted by molar-refractivity contribution is 5.80. The van der Waals surface area contributed by atoms with E-state index in [1.807, 2.05) is 6.92 Å². The summed E-state index contributed by atoms with van der Waals surface area (Å²) in [6, 6.07) is 0. The van der Waals surface area contributed by atoms with Crippen LogP contribution in [-0.4, -0.2) is 11.1 Å². The van der Waals surface area contributed by atoms with Crippen LogP contribution in [-0.2, 0) is 4.79 Å². The summed E-state index contributed by atoms with van der Waals surface area (Å²) in [4.78, 5) is 10.7. The SMILES string of the molecule is CCCCCCCCCCCCC(C)(C)/C(C)=C/C(=O)O. The van der Waals surface area contributed by atoms with E-state index in [-0.39, 0.29) is 5.41 Å². The number of carboxylic acids is 1. The molecule has 0 aromatic rings. The first-order valence-corrected chi connectivity index (χ1v) is 8.82. The summed E-state index contributed by atoms with van der Waals surface area (Å²) in [5.74, 6) is -0.830. The number of unbranched alkanes of at least 4 members (excludes halogenated alkanes) is 9. The second-order valence-electron chi connectivity index (χ2n) is 6.98. The number of carbonyl (C=O) groups is 1. The molecule has 0 unspecified atom stereocenters. The van der Waals surface area contributed by atoms with Crippen molar-refractivity contribution >= 4 is 5.97 Å². The zero-order chi connectivity index (χ0) is 16.1. The fourth-order valence-corrected chi connectivity index (χ4v) is 2.63. The van der Waals surface area contributed by atoms with E-state index < -0.39 is 5.97 Å². The van der Waals surface area contributed by atoms with Crippen molar-refractivity contribution in [3.05, 3.63) is 11.6 Å². The van der Waals surface area contributed by atoms with Gasteiger partial charge in [0.1, 0.15) is 0 Å². The predicted octanol–water partition coefficient (Wildman–Crippen LogP) is 6.35. The van der Waals surface area contributed by atoms with E-state index in [0.29, 0.717) is 0 Å². The van der Waals surface area contributed by atoms with E-state index in [9.17, 15) is 4.79 Å². The minimum Gasteiger partial charge on any atom is -0.478 e. The molecule has 0 aliphatic heterocycles. The van der Waals surface area contributed by atoms with Gasteiger partial charge in [-0.3, -0.25) is 0 Å². The summed E-state index contributed by atoms with van der Waals surface area (Å²) in [6.07, 6.45) is 15.9. The summed E-state index contributed by atoms with van der Waals surface area (Å²) in [6.45, 7) is 8.49. The Balaban J connectivity index is 3.60. The molecule has 0 aromatic carbocycles. The van der Waals surface area contributed by atoms with Crippen LogP contribution in [0.2, 0.25) is 0 Å². The fourth-order valence-electron chi connectivity index (χ4n) is 2.63. The van der Waals surface area contributed by atoms with Crippen LogP contribution in [0.3, 0.4) is 0 Å². The van der Waals surface area contributed by atoms with Crippen molar-refractivity contribution in [3.63, 3.8) is 0 Å². The van der Waals surface area contributed by atoms with E-state index in [1.54, 1.807) is 0 Å². The Labute approximate surface area is 132 Å². The number of allylic oxidation sites excluding steroid dienone is 1. The summed E-state index contributed by atoms with van der Waals surface area (Å²) in [5.41, 5.74) is 0.990. The Kier molecular flexibility index (Phi) is 11.4. The molecule has 0 radical (unpaired) electrons. The minimum atomic E-state index is -0.830. The molecule has 0 spiro atoms. The van der Waals surface area contributed by atoms with Crippen LogP contribution >= 0.6 is 0 Å². The molecule has 1 N–H and O–H groups in total. The fraction of sp³-hybridized carbons (Fsp3) is 0.842. The van der Waals surface area contributed by atoms with Crippen LogP contribution < -0.4 is 0 Å². The van der Waals surface area contributed by atoms with Gasteiger partial charge in [-0.05, 0) is 18.8 Å². The van der Waals surface area contributed by atoms with E-state index in [2.05, 4.69) is 20.8 Å². The van der Waals surface area contributed by atoms with Crippen LogP contribution in [0.15, 0.2) is 11.6 Å². The van der Waals surface area contributed by atoms with E-state index >= 15 is 0 Å². The van der Waals surface area contributed by atoms with Crippen molar-refractivity contribution in [3.8, 4) is 0 Å². The van der Waals surface area contributed by atoms with Crippen LogP contribution in [0, 0.1) is 5.41 Å². The normalized spacial score (nSPS) is 12.7. The minimum absolute atomic E-state index is 0.0124. The first kappa shape index (κ1) is 20.2. The van der Waals surface area contributed by atoms with Gasteiger partial charge >= 0.3 is 5.97 Å². The van der Waals surface area contributed by atoms with Crippen molar-refractivity contribution in [2.45, 2.75) is 98.3 Å². The molecule has 0 saturated heterocycles. The number of hydrogen-bond acceptors (Lipinski definition) is 1. The van der Waals surface area contributed by atoms with Gasteiger partial charge in [-0.15, -0.1) is 0 Å². The molecule has 0 saturated carbocycles. The topological polar surface area (TPSA) is 37.3 Å². The second kappa shape index (κ2) is 11.8. The molecule has 0 aromatic heterocycles. The molecular formula is C19H36O2. The second-order valence-corrected chi connectivity index (χ2v) is 6.98. The molecule has 124 valence electrons. The van der Waals surface area contributed by atoms with Crippen molar-refractivity contribution in [1.82, 2.24) is 0 Å². The highest BCUT2D eigenvalue weighted by Crippen LogP contribution is 2.32. The average Bonchev–Trinajstić information content (AvgIpc) is 2.40. The van der Waals surface area contributed by atoms with Gasteiger partial charge in [0.25, 0.3) is 0 Å². The molecule has 0 atom stereocenters. The molecular weight excluding hydrogens is 260 g/mol. The first-order valence-electron chi connectivity index (χ1n) is 8.82. The monoisotopic (exact) mass is 296 g/mol. The highest BCUT2D eigenvalue weighted by atomic mass is 16.4. The standard InChI is InChI=1S/C19H36O2/c1-5-6-7-8-9-10-11-12-13-14-15-19(3,4)17(2)16-18(20)21/h16H,5-15H2,1-4H3,(H,20,21)/b17-16+. The molecule has 2 heteroatoms. The van der Waals surface area contributed by atoms with Crippen molar-refractivity contribution in [1.29, 1.82) is 0 Å². The largest absolute Gasteiger partial charge is 0.478 e. The van der Waals surface area contributed by atoms with Gasteiger partial charge in [0.2, 0.25) is 0 Å². The first-order chi connectivity index (χ1) is 9.90. The van der Waals surface area contributed by atoms with Crippen LogP contribution in [0.5, 0.6) is 0 Å². The smallest absolute Gasteiger partial charge is 0.328 e. The van der Waals surface area contributed by atoms with E-state index in [1.165, 1.54) is 70.3 Å². The third-order valence-corrected chi connectivity index (χ3v) is 4.56. The van der Waals surface area contributed by atoms with Crippen LogP contribution in [0.4, 0.5) is 0 Å². The summed E-state index contributed by atoms with van der Waals surface area (Å²) in [7, 11) is 0. The van der Waals surface area contributed by atoms with E-state index in [0.717, 1.165) is 12.0 Å². The van der Waals surface area contributed by atoms with E-state index in [4.69, 9.17) is 5.11 Å². The van der Waals surface area contributed by atoms with Gasteiger partial charge in [0, 0.05) is 6.08 Å². The average molecular weight is 296 g/mol. The molecule has 0 heterocycles. The van der Waals surface area contributed by atoms with Crippen molar-refractivity contribution < 1.29 is 9.90 Å². The molecule has 0 aliphatic carbocycles. The summed E-state index contributed by atoms with van der Waals surface area (Å²) < 4.78 is 0. The van der Waals surface area contributed by atoms with Crippen molar-refractivity contribution in [2.75, 3.05) is 0 Å². The molecule has 0 amide bonds. The van der Waals surface area contributed by atoms with Crippen LogP contribution in [0.25, 0.3) is 0 Å². The van der Waals surface area contributed by atoms with Gasteiger partial charge in [-0.25, -0.2) is 4.79 Å².